The van der Waals surface area contributed by atoms with Crippen molar-refractivity contribution >= 4 is 39.4 Å². The summed E-state index contributed by atoms with van der Waals surface area (Å²) < 4.78 is 37.4. The van der Waals surface area contributed by atoms with Crippen molar-refractivity contribution in [1.29, 1.82) is 0 Å². The van der Waals surface area contributed by atoms with Gasteiger partial charge in [0.05, 0.1) is 4.90 Å². The third-order valence-electron chi connectivity index (χ3n) is 5.09. The molecule has 180 valence electrons. The van der Waals surface area contributed by atoms with Crippen molar-refractivity contribution < 1.29 is 32.3 Å². The molecule has 1 fully saturated rings. The van der Waals surface area contributed by atoms with Gasteiger partial charge < -0.3 is 24.9 Å². The van der Waals surface area contributed by atoms with Crippen LogP contribution in [0.2, 0.25) is 0 Å². The predicted molar refractivity (Wildman–Crippen MR) is 124 cm³/mol. The molecule has 0 bridgehead atoms. The van der Waals surface area contributed by atoms with E-state index in [0.717, 1.165) is 19.1 Å². The Hall–Kier alpha value is -3.64. The lowest BCUT2D eigenvalue weighted by molar-refractivity contribution is -0.120. The van der Waals surface area contributed by atoms with Crippen LogP contribution in [0.15, 0.2) is 52.5 Å². The van der Waals surface area contributed by atoms with E-state index in [1.54, 1.807) is 18.2 Å². The summed E-state index contributed by atoms with van der Waals surface area (Å²) in [5.41, 5.74) is 0.905. The van der Waals surface area contributed by atoms with Gasteiger partial charge in [0, 0.05) is 30.5 Å². The van der Waals surface area contributed by atoms with Crippen LogP contribution in [0, 0.1) is 0 Å². The summed E-state index contributed by atoms with van der Waals surface area (Å²) in [5.74, 6) is 0.0807. The van der Waals surface area contributed by atoms with Gasteiger partial charge in [-0.05, 0) is 49.2 Å². The third kappa shape index (κ3) is 5.83. The highest BCUT2D eigenvalue weighted by Gasteiger charge is 2.26. The fraction of sp³-hybridized carbons (Fsp3) is 0.318. The number of amides is 2. The molecule has 2 aromatic rings. The van der Waals surface area contributed by atoms with Gasteiger partial charge >= 0.3 is 0 Å². The Balaban J connectivity index is 1.21. The maximum Gasteiger partial charge on any atom is 0.270 e. The molecule has 2 aliphatic rings. The van der Waals surface area contributed by atoms with Gasteiger partial charge in [-0.2, -0.15) is 4.31 Å². The van der Waals surface area contributed by atoms with Crippen molar-refractivity contribution in [2.75, 3.05) is 43.5 Å². The number of carbonyl (C=O) groups excluding carboxylic acids is 2. The van der Waals surface area contributed by atoms with E-state index in [4.69, 9.17) is 14.3 Å². The standard InChI is InChI=1S/C22H24N4O7S/c27-21(25-17-5-8-19-20(13-17)32-12-11-31-19)14-23-33-15-22(28)24-16-3-6-18(7-4-16)34(29,30)26-9-1-2-10-26/h3-8,13-14H,1-2,9-12,15H2,(H,24,28)(H,25,27). The predicted octanol–water partition coefficient (Wildman–Crippen LogP) is 1.82. The number of benzene rings is 2. The maximum absolute atomic E-state index is 12.5. The van der Waals surface area contributed by atoms with E-state index in [-0.39, 0.29) is 4.90 Å². The van der Waals surface area contributed by atoms with Gasteiger partial charge in [0.15, 0.2) is 18.1 Å². The smallest absolute Gasteiger partial charge is 0.270 e. The monoisotopic (exact) mass is 488 g/mol. The largest absolute Gasteiger partial charge is 0.486 e. The zero-order valence-electron chi connectivity index (χ0n) is 18.2. The highest BCUT2D eigenvalue weighted by molar-refractivity contribution is 7.89. The van der Waals surface area contributed by atoms with Gasteiger partial charge in [-0.3, -0.25) is 9.59 Å². The molecule has 2 aromatic carbocycles. The van der Waals surface area contributed by atoms with E-state index in [2.05, 4.69) is 15.8 Å². The lowest BCUT2D eigenvalue weighted by Gasteiger charge is -2.18. The second-order valence-corrected chi connectivity index (χ2v) is 9.48. The Morgan fingerprint density at radius 2 is 1.65 bits per heavy atom. The minimum atomic E-state index is -3.51. The van der Waals surface area contributed by atoms with E-state index < -0.39 is 28.4 Å². The topological polar surface area (TPSA) is 136 Å². The molecule has 0 aromatic heterocycles. The fourth-order valence-corrected chi connectivity index (χ4v) is 4.98. The second-order valence-electron chi connectivity index (χ2n) is 7.54. The maximum atomic E-state index is 12.5. The molecule has 2 N–H and O–H groups in total. The first kappa shape index (κ1) is 23.5. The van der Waals surface area contributed by atoms with Crippen molar-refractivity contribution in [3.05, 3.63) is 42.5 Å². The highest BCUT2D eigenvalue weighted by Crippen LogP contribution is 2.32. The summed E-state index contributed by atoms with van der Waals surface area (Å²) in [4.78, 5) is 29.0. The summed E-state index contributed by atoms with van der Waals surface area (Å²) in [5, 5.41) is 8.66. The van der Waals surface area contributed by atoms with Gasteiger partial charge in [0.1, 0.15) is 19.4 Å². The summed E-state index contributed by atoms with van der Waals surface area (Å²) in [6, 6.07) is 10.9. The van der Waals surface area contributed by atoms with Crippen LogP contribution in [0.1, 0.15) is 12.8 Å². The number of hydrogen-bond donors (Lipinski definition) is 2. The number of rotatable bonds is 8. The van der Waals surface area contributed by atoms with E-state index in [9.17, 15) is 18.0 Å². The Bertz CT molecular complexity index is 1180. The first-order chi connectivity index (χ1) is 16.4. The third-order valence-corrected chi connectivity index (χ3v) is 7.00. The van der Waals surface area contributed by atoms with Gasteiger partial charge in [-0.1, -0.05) is 5.16 Å². The molecule has 0 radical (unpaired) electrons. The van der Waals surface area contributed by atoms with Gasteiger partial charge in [0.2, 0.25) is 10.0 Å². The van der Waals surface area contributed by atoms with Crippen LogP contribution >= 0.6 is 0 Å². The number of hydrogen-bond acceptors (Lipinski definition) is 8. The molecule has 11 nitrogen and oxygen atoms in total. The first-order valence-corrected chi connectivity index (χ1v) is 12.1. The zero-order chi connectivity index (χ0) is 24.0. The number of sulfonamides is 1. The summed E-state index contributed by atoms with van der Waals surface area (Å²) >= 11 is 0. The number of oxime groups is 1. The zero-order valence-corrected chi connectivity index (χ0v) is 19.0. The molecule has 1 saturated heterocycles. The second kappa shape index (κ2) is 10.5. The number of nitrogens with one attached hydrogen (secondary N) is 2. The molecule has 0 aliphatic carbocycles. The van der Waals surface area contributed by atoms with E-state index in [1.165, 1.54) is 28.6 Å². The summed E-state index contributed by atoms with van der Waals surface area (Å²) in [7, 11) is -3.51. The van der Waals surface area contributed by atoms with E-state index in [1.807, 2.05) is 0 Å². The molecular formula is C22H24N4O7S. The minimum Gasteiger partial charge on any atom is -0.486 e. The SMILES string of the molecule is O=C(C=NOCC(=O)Nc1ccc(S(=O)(=O)N2CCCC2)cc1)Nc1ccc2c(c1)OCCO2. The van der Waals surface area contributed by atoms with Gasteiger partial charge in [-0.15, -0.1) is 0 Å². The molecular weight excluding hydrogens is 464 g/mol. The average Bonchev–Trinajstić information content (AvgIpc) is 3.38. The minimum absolute atomic E-state index is 0.178. The van der Waals surface area contributed by atoms with E-state index >= 15 is 0 Å². The van der Waals surface area contributed by atoms with Crippen LogP contribution in [-0.2, 0) is 24.4 Å². The number of anilines is 2. The molecule has 0 saturated carbocycles. The molecule has 2 heterocycles. The van der Waals surface area contributed by atoms with Crippen molar-refractivity contribution in [3.63, 3.8) is 0 Å². The number of fused-ring (bicyclic) bond motifs is 1. The van der Waals surface area contributed by atoms with Crippen molar-refractivity contribution in [1.82, 2.24) is 4.31 Å². The summed E-state index contributed by atoms with van der Waals surface area (Å²) in [6.07, 6.45) is 2.62. The number of carbonyl (C=O) groups is 2. The van der Waals surface area contributed by atoms with Crippen LogP contribution < -0.4 is 20.1 Å². The molecule has 2 aliphatic heterocycles. The Morgan fingerprint density at radius 1 is 0.971 bits per heavy atom. The quantitative estimate of drug-likeness (QED) is 0.427. The molecule has 12 heteroatoms. The van der Waals surface area contributed by atoms with Gasteiger partial charge in [0.25, 0.3) is 11.8 Å². The van der Waals surface area contributed by atoms with Gasteiger partial charge in [-0.25, -0.2) is 8.42 Å². The van der Waals surface area contributed by atoms with Crippen LogP contribution in [-0.4, -0.2) is 63.7 Å². The molecule has 0 unspecified atom stereocenters. The lowest BCUT2D eigenvalue weighted by Crippen LogP contribution is -2.27. The average molecular weight is 489 g/mol. The van der Waals surface area contributed by atoms with E-state index in [0.29, 0.717) is 49.2 Å². The first-order valence-electron chi connectivity index (χ1n) is 10.7. The number of nitrogens with zero attached hydrogens (tertiary/aromatic N) is 2. The highest BCUT2D eigenvalue weighted by atomic mass is 32.2. The lowest BCUT2D eigenvalue weighted by atomic mass is 10.2. The van der Waals surface area contributed by atoms with Crippen LogP contribution in [0.3, 0.4) is 0 Å². The van der Waals surface area contributed by atoms with Crippen LogP contribution in [0.4, 0.5) is 11.4 Å². The fourth-order valence-electron chi connectivity index (χ4n) is 3.46. The van der Waals surface area contributed by atoms with Crippen molar-refractivity contribution in [2.45, 2.75) is 17.7 Å². The molecule has 34 heavy (non-hydrogen) atoms. The van der Waals surface area contributed by atoms with Crippen LogP contribution in [0.25, 0.3) is 0 Å². The van der Waals surface area contributed by atoms with Crippen molar-refractivity contribution in [3.8, 4) is 11.5 Å². The molecule has 0 atom stereocenters. The molecule has 4 rings (SSSR count). The Kier molecular flexibility index (Phi) is 7.28. The number of ether oxygens (including phenoxy) is 2. The van der Waals surface area contributed by atoms with Crippen molar-refractivity contribution in [2.24, 2.45) is 5.16 Å². The summed E-state index contributed by atoms with van der Waals surface area (Å²) in [6.45, 7) is 1.52. The molecule has 2 amide bonds. The normalized spacial score (nSPS) is 15.8. The Morgan fingerprint density at radius 3 is 2.38 bits per heavy atom. The van der Waals surface area contributed by atoms with Crippen LogP contribution in [0.5, 0.6) is 11.5 Å². The molecule has 0 spiro atoms. The Labute approximate surface area is 196 Å².